The Kier molecular flexibility index (Phi) is 6.82. The highest BCUT2D eigenvalue weighted by Crippen LogP contribution is 2.04. The van der Waals surface area contributed by atoms with Crippen LogP contribution in [0, 0.1) is 0 Å². The third kappa shape index (κ3) is 5.29. The molecule has 1 rings (SSSR count). The molecular weight excluding hydrogens is 210 g/mol. The van der Waals surface area contributed by atoms with Crippen LogP contribution in [0.5, 0.6) is 0 Å². The number of nitrogens with one attached hydrogen (secondary N) is 1. The first-order chi connectivity index (χ1) is 8.30. The van der Waals surface area contributed by atoms with Crippen LogP contribution < -0.4 is 5.32 Å². The summed E-state index contributed by atoms with van der Waals surface area (Å²) < 4.78 is 0. The molecule has 0 unspecified atom stereocenters. The van der Waals surface area contributed by atoms with Crippen molar-refractivity contribution in [2.45, 2.75) is 40.3 Å². The lowest BCUT2D eigenvalue weighted by Crippen LogP contribution is -2.24. The molecule has 1 N–H and O–H groups in total. The van der Waals surface area contributed by atoms with Crippen molar-refractivity contribution in [3.05, 3.63) is 29.6 Å². The van der Waals surface area contributed by atoms with Gasteiger partial charge in [-0.1, -0.05) is 26.8 Å². The van der Waals surface area contributed by atoms with E-state index in [1.54, 1.807) is 0 Å². The van der Waals surface area contributed by atoms with Gasteiger partial charge in [0.05, 0.1) is 11.4 Å². The molecule has 1 aromatic rings. The minimum Gasteiger partial charge on any atom is -0.311 e. The summed E-state index contributed by atoms with van der Waals surface area (Å²) in [5, 5.41) is 3.31. The van der Waals surface area contributed by atoms with Gasteiger partial charge in [-0.25, -0.2) is 0 Å². The summed E-state index contributed by atoms with van der Waals surface area (Å²) >= 11 is 0. The van der Waals surface area contributed by atoms with E-state index in [-0.39, 0.29) is 0 Å². The molecule has 3 nitrogen and oxygen atoms in total. The normalized spacial score (nSPS) is 11.1. The van der Waals surface area contributed by atoms with Crippen LogP contribution in [-0.4, -0.2) is 29.5 Å². The highest BCUT2D eigenvalue weighted by atomic mass is 15.1. The molecule has 0 aliphatic rings. The predicted molar refractivity (Wildman–Crippen MR) is 72.9 cm³/mol. The fourth-order valence-electron chi connectivity index (χ4n) is 1.86. The summed E-state index contributed by atoms with van der Waals surface area (Å²) in [7, 11) is 0. The first kappa shape index (κ1) is 14.1. The second-order valence-electron chi connectivity index (χ2n) is 4.27. The van der Waals surface area contributed by atoms with Crippen molar-refractivity contribution in [2.24, 2.45) is 0 Å². The zero-order valence-electron chi connectivity index (χ0n) is 11.4. The summed E-state index contributed by atoms with van der Waals surface area (Å²) in [5.41, 5.74) is 2.31. The van der Waals surface area contributed by atoms with E-state index >= 15 is 0 Å². The maximum atomic E-state index is 4.68. The van der Waals surface area contributed by atoms with Crippen LogP contribution in [0.3, 0.4) is 0 Å². The summed E-state index contributed by atoms with van der Waals surface area (Å²) in [6.07, 6.45) is 1.20. The Morgan fingerprint density at radius 1 is 1.18 bits per heavy atom. The molecular formula is C14H25N3. The molecule has 0 radical (unpaired) electrons. The van der Waals surface area contributed by atoms with Crippen LogP contribution in [0.15, 0.2) is 18.2 Å². The molecule has 0 aliphatic carbocycles. The van der Waals surface area contributed by atoms with Crippen LogP contribution in [0.2, 0.25) is 0 Å². The van der Waals surface area contributed by atoms with Crippen molar-refractivity contribution < 1.29 is 0 Å². The maximum Gasteiger partial charge on any atom is 0.0547 e. The van der Waals surface area contributed by atoms with E-state index in [0.29, 0.717) is 0 Å². The lowest BCUT2D eigenvalue weighted by atomic mass is 10.2. The zero-order chi connectivity index (χ0) is 12.5. The Morgan fingerprint density at radius 3 is 2.59 bits per heavy atom. The van der Waals surface area contributed by atoms with Crippen LogP contribution >= 0.6 is 0 Å². The fourth-order valence-corrected chi connectivity index (χ4v) is 1.86. The molecule has 3 heteroatoms. The molecule has 0 saturated heterocycles. The molecule has 17 heavy (non-hydrogen) atoms. The van der Waals surface area contributed by atoms with Gasteiger partial charge in [-0.05, 0) is 38.2 Å². The van der Waals surface area contributed by atoms with Gasteiger partial charge in [0, 0.05) is 13.1 Å². The standard InChI is InChI=1S/C14H25N3/c1-4-10-17(6-3)12-14-9-7-8-13(16-14)11-15-5-2/h7-9,15H,4-6,10-12H2,1-3H3. The van der Waals surface area contributed by atoms with Gasteiger partial charge in [0.2, 0.25) is 0 Å². The molecule has 0 bridgehead atoms. The number of hydrogen-bond donors (Lipinski definition) is 1. The first-order valence-electron chi connectivity index (χ1n) is 6.68. The fraction of sp³-hybridized carbons (Fsp3) is 0.643. The van der Waals surface area contributed by atoms with Crippen molar-refractivity contribution in [1.29, 1.82) is 0 Å². The third-order valence-electron chi connectivity index (χ3n) is 2.79. The Balaban J connectivity index is 2.57. The minimum atomic E-state index is 0.865. The van der Waals surface area contributed by atoms with Gasteiger partial charge in [0.1, 0.15) is 0 Å². The van der Waals surface area contributed by atoms with E-state index in [1.807, 2.05) is 0 Å². The summed E-state index contributed by atoms with van der Waals surface area (Å²) in [4.78, 5) is 7.11. The van der Waals surface area contributed by atoms with E-state index in [0.717, 1.165) is 38.4 Å². The number of nitrogens with zero attached hydrogens (tertiary/aromatic N) is 2. The third-order valence-corrected chi connectivity index (χ3v) is 2.79. The highest BCUT2D eigenvalue weighted by Gasteiger charge is 2.04. The number of aromatic nitrogens is 1. The maximum absolute atomic E-state index is 4.68. The predicted octanol–water partition coefficient (Wildman–Crippen LogP) is 2.42. The van der Waals surface area contributed by atoms with E-state index in [2.05, 4.69) is 54.2 Å². The van der Waals surface area contributed by atoms with Gasteiger partial charge in [0.25, 0.3) is 0 Å². The Bertz CT molecular complexity index is 312. The number of pyridine rings is 1. The van der Waals surface area contributed by atoms with Gasteiger partial charge in [-0.15, -0.1) is 0 Å². The monoisotopic (exact) mass is 235 g/mol. The van der Waals surface area contributed by atoms with E-state index in [9.17, 15) is 0 Å². The molecule has 0 saturated carbocycles. The quantitative estimate of drug-likeness (QED) is 0.750. The van der Waals surface area contributed by atoms with Crippen LogP contribution in [-0.2, 0) is 13.1 Å². The number of rotatable bonds is 8. The smallest absolute Gasteiger partial charge is 0.0547 e. The van der Waals surface area contributed by atoms with Gasteiger partial charge < -0.3 is 5.32 Å². The Hall–Kier alpha value is -0.930. The van der Waals surface area contributed by atoms with E-state index in [4.69, 9.17) is 0 Å². The summed E-state index contributed by atoms with van der Waals surface area (Å²) in [6.45, 7) is 11.6. The second kappa shape index (κ2) is 8.20. The lowest BCUT2D eigenvalue weighted by molar-refractivity contribution is 0.277. The molecule has 1 aromatic heterocycles. The zero-order valence-corrected chi connectivity index (χ0v) is 11.4. The average molecular weight is 235 g/mol. The molecule has 0 aromatic carbocycles. The van der Waals surface area contributed by atoms with Gasteiger partial charge >= 0.3 is 0 Å². The molecule has 96 valence electrons. The highest BCUT2D eigenvalue weighted by molar-refractivity contribution is 5.11. The van der Waals surface area contributed by atoms with Crippen molar-refractivity contribution in [3.63, 3.8) is 0 Å². The van der Waals surface area contributed by atoms with Crippen molar-refractivity contribution in [2.75, 3.05) is 19.6 Å². The minimum absolute atomic E-state index is 0.865. The first-order valence-corrected chi connectivity index (χ1v) is 6.68. The SMILES string of the molecule is CCCN(CC)Cc1cccc(CNCC)n1. The second-order valence-corrected chi connectivity index (χ2v) is 4.27. The molecule has 0 atom stereocenters. The van der Waals surface area contributed by atoms with Crippen LogP contribution in [0.1, 0.15) is 38.6 Å². The van der Waals surface area contributed by atoms with Gasteiger partial charge in [0.15, 0.2) is 0 Å². The molecule has 0 spiro atoms. The largest absolute Gasteiger partial charge is 0.311 e. The lowest BCUT2D eigenvalue weighted by Gasteiger charge is -2.19. The Labute approximate surface area is 105 Å². The van der Waals surface area contributed by atoms with Gasteiger partial charge in [-0.2, -0.15) is 0 Å². The van der Waals surface area contributed by atoms with Crippen molar-refractivity contribution >= 4 is 0 Å². The molecule has 1 heterocycles. The van der Waals surface area contributed by atoms with Crippen molar-refractivity contribution in [1.82, 2.24) is 15.2 Å². The molecule has 0 amide bonds. The Morgan fingerprint density at radius 2 is 1.94 bits per heavy atom. The van der Waals surface area contributed by atoms with E-state index < -0.39 is 0 Å². The number of hydrogen-bond acceptors (Lipinski definition) is 3. The van der Waals surface area contributed by atoms with Crippen molar-refractivity contribution in [3.8, 4) is 0 Å². The average Bonchev–Trinajstić information content (AvgIpc) is 2.36. The van der Waals surface area contributed by atoms with E-state index in [1.165, 1.54) is 12.1 Å². The topological polar surface area (TPSA) is 28.2 Å². The van der Waals surface area contributed by atoms with Gasteiger partial charge in [-0.3, -0.25) is 9.88 Å². The summed E-state index contributed by atoms with van der Waals surface area (Å²) in [6, 6.07) is 6.31. The summed E-state index contributed by atoms with van der Waals surface area (Å²) in [5.74, 6) is 0. The molecule has 0 aliphatic heterocycles. The van der Waals surface area contributed by atoms with Crippen LogP contribution in [0.25, 0.3) is 0 Å². The molecule has 0 fully saturated rings. The van der Waals surface area contributed by atoms with Crippen LogP contribution in [0.4, 0.5) is 0 Å².